The lowest BCUT2D eigenvalue weighted by Crippen LogP contribution is -2.41. The van der Waals surface area contributed by atoms with E-state index in [0.717, 1.165) is 57.2 Å². The van der Waals surface area contributed by atoms with Crippen LogP contribution in [0.4, 0.5) is 4.39 Å². The van der Waals surface area contributed by atoms with E-state index in [-0.39, 0.29) is 29.8 Å². The van der Waals surface area contributed by atoms with E-state index in [9.17, 15) is 4.39 Å². The maximum atomic E-state index is 14.0. The number of guanidine groups is 1. The lowest BCUT2D eigenvalue weighted by Gasteiger charge is -2.25. The molecule has 2 fully saturated rings. The summed E-state index contributed by atoms with van der Waals surface area (Å²) < 4.78 is 24.8. The van der Waals surface area contributed by atoms with Crippen LogP contribution in [0.2, 0.25) is 0 Å². The summed E-state index contributed by atoms with van der Waals surface area (Å²) in [6, 6.07) is 5.06. The SMILES string of the molecule is CCNC(=NCc1ccc(OCC)c(F)c1)N1CCC2(CCOC2)C1.I. The van der Waals surface area contributed by atoms with Crippen molar-refractivity contribution < 1.29 is 13.9 Å². The van der Waals surface area contributed by atoms with Gasteiger partial charge in [0.25, 0.3) is 0 Å². The molecule has 0 amide bonds. The number of rotatable bonds is 5. The summed E-state index contributed by atoms with van der Waals surface area (Å²) >= 11 is 0. The first-order valence-electron chi connectivity index (χ1n) is 9.18. The van der Waals surface area contributed by atoms with Gasteiger partial charge in [-0.1, -0.05) is 6.07 Å². The van der Waals surface area contributed by atoms with Crippen molar-refractivity contribution >= 4 is 29.9 Å². The fourth-order valence-electron chi connectivity index (χ4n) is 3.59. The van der Waals surface area contributed by atoms with Crippen LogP contribution in [0.5, 0.6) is 5.75 Å². The fraction of sp³-hybridized carbons (Fsp3) is 0.632. The van der Waals surface area contributed by atoms with E-state index in [1.54, 1.807) is 6.07 Å². The van der Waals surface area contributed by atoms with Crippen LogP contribution in [0, 0.1) is 11.2 Å². The largest absolute Gasteiger partial charge is 0.491 e. The quantitative estimate of drug-likeness (QED) is 0.401. The molecule has 0 aliphatic carbocycles. The Labute approximate surface area is 172 Å². The average molecular weight is 477 g/mol. The summed E-state index contributed by atoms with van der Waals surface area (Å²) in [7, 11) is 0. The molecule has 1 aromatic carbocycles. The van der Waals surface area contributed by atoms with Gasteiger partial charge in [0.2, 0.25) is 0 Å². The van der Waals surface area contributed by atoms with Gasteiger partial charge in [-0.3, -0.25) is 0 Å². The molecular formula is C19H29FIN3O2. The normalized spacial score (nSPS) is 22.6. The Bertz CT molecular complexity index is 621. The van der Waals surface area contributed by atoms with Gasteiger partial charge >= 0.3 is 0 Å². The van der Waals surface area contributed by atoms with Crippen molar-refractivity contribution in [1.29, 1.82) is 0 Å². The highest BCUT2D eigenvalue weighted by atomic mass is 127. The second-order valence-electron chi connectivity index (χ2n) is 6.84. The van der Waals surface area contributed by atoms with E-state index in [4.69, 9.17) is 14.5 Å². The molecular weight excluding hydrogens is 448 g/mol. The van der Waals surface area contributed by atoms with Gasteiger partial charge in [0.15, 0.2) is 17.5 Å². The third-order valence-electron chi connectivity index (χ3n) is 4.97. The van der Waals surface area contributed by atoms with E-state index in [1.807, 2.05) is 13.0 Å². The van der Waals surface area contributed by atoms with Crippen LogP contribution in [0.3, 0.4) is 0 Å². The molecule has 0 aromatic heterocycles. The molecule has 1 aromatic rings. The molecule has 2 saturated heterocycles. The second-order valence-corrected chi connectivity index (χ2v) is 6.84. The predicted octanol–water partition coefficient (Wildman–Crippen LogP) is 3.42. The molecule has 1 unspecified atom stereocenters. The van der Waals surface area contributed by atoms with E-state index in [1.165, 1.54) is 6.07 Å². The van der Waals surface area contributed by atoms with Crippen molar-refractivity contribution in [1.82, 2.24) is 10.2 Å². The van der Waals surface area contributed by atoms with Gasteiger partial charge in [0.05, 0.1) is 19.8 Å². The van der Waals surface area contributed by atoms with Gasteiger partial charge < -0.3 is 19.7 Å². The zero-order valence-corrected chi connectivity index (χ0v) is 17.9. The maximum absolute atomic E-state index is 14.0. The third kappa shape index (κ3) is 5.00. The molecule has 0 bridgehead atoms. The van der Waals surface area contributed by atoms with Crippen LogP contribution in [-0.4, -0.2) is 50.3 Å². The minimum atomic E-state index is -0.331. The van der Waals surface area contributed by atoms with Gasteiger partial charge in [0.1, 0.15) is 0 Å². The van der Waals surface area contributed by atoms with E-state index >= 15 is 0 Å². The molecule has 2 aliphatic heterocycles. The van der Waals surface area contributed by atoms with Gasteiger partial charge in [-0.15, -0.1) is 24.0 Å². The monoisotopic (exact) mass is 477 g/mol. The summed E-state index contributed by atoms with van der Waals surface area (Å²) in [6.07, 6.45) is 2.28. The molecule has 7 heteroatoms. The molecule has 0 saturated carbocycles. The van der Waals surface area contributed by atoms with Crippen LogP contribution >= 0.6 is 24.0 Å². The number of benzene rings is 1. The Kier molecular flexibility index (Phi) is 7.94. The molecule has 1 N–H and O–H groups in total. The molecule has 1 spiro atoms. The average Bonchev–Trinajstić information content (AvgIpc) is 3.24. The predicted molar refractivity (Wildman–Crippen MR) is 112 cm³/mol. The standard InChI is InChI=1S/C19H28FN3O2.HI/c1-3-21-18(23-9-7-19(13-23)8-10-24-14-19)22-12-15-5-6-17(25-4-2)16(20)11-15;/h5-6,11H,3-4,7-10,12-14H2,1-2H3,(H,21,22);1H. The fourth-order valence-corrected chi connectivity index (χ4v) is 3.59. The molecule has 1 atom stereocenters. The molecule has 26 heavy (non-hydrogen) atoms. The Balaban J connectivity index is 0.00000243. The van der Waals surface area contributed by atoms with Crippen LogP contribution in [0.25, 0.3) is 0 Å². The highest BCUT2D eigenvalue weighted by molar-refractivity contribution is 14.0. The Morgan fingerprint density at radius 1 is 1.38 bits per heavy atom. The van der Waals surface area contributed by atoms with Crippen molar-refractivity contribution in [3.63, 3.8) is 0 Å². The van der Waals surface area contributed by atoms with E-state index in [0.29, 0.717) is 24.3 Å². The minimum Gasteiger partial charge on any atom is -0.491 e. The molecule has 2 aliphatic rings. The Hall–Kier alpha value is -1.09. The molecule has 3 rings (SSSR count). The van der Waals surface area contributed by atoms with Crippen molar-refractivity contribution in [3.8, 4) is 5.75 Å². The zero-order valence-electron chi connectivity index (χ0n) is 15.6. The second kappa shape index (κ2) is 9.73. The van der Waals surface area contributed by atoms with E-state index < -0.39 is 0 Å². The zero-order chi connectivity index (χ0) is 17.7. The van der Waals surface area contributed by atoms with E-state index in [2.05, 4.69) is 17.1 Å². The van der Waals surface area contributed by atoms with Gasteiger partial charge in [0, 0.05) is 31.7 Å². The van der Waals surface area contributed by atoms with Gasteiger partial charge in [-0.25, -0.2) is 9.38 Å². The summed E-state index contributed by atoms with van der Waals surface area (Å²) in [5, 5.41) is 3.36. The number of ether oxygens (including phenoxy) is 2. The number of hydrogen-bond acceptors (Lipinski definition) is 3. The molecule has 146 valence electrons. The number of nitrogens with one attached hydrogen (secondary N) is 1. The molecule has 5 nitrogen and oxygen atoms in total. The lowest BCUT2D eigenvalue weighted by molar-refractivity contribution is 0.156. The summed E-state index contributed by atoms with van der Waals surface area (Å²) in [5.74, 6) is 0.869. The summed E-state index contributed by atoms with van der Waals surface area (Å²) in [5.41, 5.74) is 1.14. The number of nitrogens with zero attached hydrogens (tertiary/aromatic N) is 2. The van der Waals surface area contributed by atoms with Crippen LogP contribution < -0.4 is 10.1 Å². The van der Waals surface area contributed by atoms with Crippen LogP contribution in [0.15, 0.2) is 23.2 Å². The third-order valence-corrected chi connectivity index (χ3v) is 4.97. The van der Waals surface area contributed by atoms with Gasteiger partial charge in [-0.2, -0.15) is 0 Å². The Morgan fingerprint density at radius 3 is 2.88 bits per heavy atom. The summed E-state index contributed by atoms with van der Waals surface area (Å²) in [6.45, 7) is 9.33. The lowest BCUT2D eigenvalue weighted by atomic mass is 9.87. The highest BCUT2D eigenvalue weighted by Crippen LogP contribution is 2.38. The number of likely N-dealkylation sites (tertiary alicyclic amines) is 1. The van der Waals surface area contributed by atoms with Crippen LogP contribution in [0.1, 0.15) is 32.3 Å². The molecule has 0 radical (unpaired) electrons. The van der Waals surface area contributed by atoms with Gasteiger partial charge in [-0.05, 0) is 44.4 Å². The van der Waals surface area contributed by atoms with Crippen molar-refractivity contribution in [2.24, 2.45) is 10.4 Å². The maximum Gasteiger partial charge on any atom is 0.194 e. The highest BCUT2D eigenvalue weighted by Gasteiger charge is 2.42. The minimum absolute atomic E-state index is 0. The number of aliphatic imine (C=N–C) groups is 1. The molecule has 2 heterocycles. The smallest absolute Gasteiger partial charge is 0.194 e. The van der Waals surface area contributed by atoms with Crippen molar-refractivity contribution in [2.75, 3.05) is 39.5 Å². The summed E-state index contributed by atoms with van der Waals surface area (Å²) in [4.78, 5) is 7.03. The topological polar surface area (TPSA) is 46.1 Å². The first-order chi connectivity index (χ1) is 12.2. The first kappa shape index (κ1) is 21.2. The van der Waals surface area contributed by atoms with Crippen molar-refractivity contribution in [3.05, 3.63) is 29.6 Å². The first-order valence-corrected chi connectivity index (χ1v) is 9.18. The number of halogens is 2. The van der Waals surface area contributed by atoms with Crippen LogP contribution in [-0.2, 0) is 11.3 Å². The number of hydrogen-bond donors (Lipinski definition) is 1. The Morgan fingerprint density at radius 2 is 2.23 bits per heavy atom. The van der Waals surface area contributed by atoms with Crippen molar-refractivity contribution in [2.45, 2.75) is 33.2 Å².